The number of piperidine rings is 1. The number of phenolic OH excluding ortho intramolecular Hbond substituents is 1. The Balaban J connectivity index is 1.53. The van der Waals surface area contributed by atoms with Crippen molar-refractivity contribution in [3.05, 3.63) is 90.5 Å². The van der Waals surface area contributed by atoms with E-state index < -0.39 is 11.0 Å². The number of rotatable bonds is 8. The van der Waals surface area contributed by atoms with E-state index in [1.54, 1.807) is 6.07 Å². The van der Waals surface area contributed by atoms with Gasteiger partial charge in [0.2, 0.25) is 0 Å². The van der Waals surface area contributed by atoms with Crippen LogP contribution in [0.5, 0.6) is 5.75 Å². The third kappa shape index (κ3) is 5.62. The van der Waals surface area contributed by atoms with E-state index in [1.807, 2.05) is 66.7 Å². The molecule has 216 valence electrons. The van der Waals surface area contributed by atoms with Gasteiger partial charge in [0.1, 0.15) is 12.3 Å². The fourth-order valence-corrected chi connectivity index (χ4v) is 7.91. The van der Waals surface area contributed by atoms with Crippen LogP contribution in [0.2, 0.25) is 0 Å². The van der Waals surface area contributed by atoms with Crippen LogP contribution >= 0.6 is 0 Å². The lowest BCUT2D eigenvalue weighted by Crippen LogP contribution is -2.74. The van der Waals surface area contributed by atoms with Crippen molar-refractivity contribution in [2.75, 3.05) is 26.2 Å². The maximum atomic E-state index is 13.5. The summed E-state index contributed by atoms with van der Waals surface area (Å²) in [7, 11) is 0. The average Bonchev–Trinajstić information content (AvgIpc) is 2.92. The first-order valence-electron chi connectivity index (χ1n) is 14.8. The molecule has 0 aromatic heterocycles. The quantitative estimate of drug-likeness (QED) is 0.199. The Morgan fingerprint density at radius 2 is 1.88 bits per heavy atom. The second-order valence-corrected chi connectivity index (χ2v) is 12.7. The lowest BCUT2D eigenvalue weighted by molar-refractivity contribution is -0.938. The van der Waals surface area contributed by atoms with E-state index >= 15 is 0 Å². The van der Waals surface area contributed by atoms with Crippen molar-refractivity contribution in [2.45, 2.75) is 63.5 Å². The van der Waals surface area contributed by atoms with Crippen LogP contribution in [0.3, 0.4) is 0 Å². The van der Waals surface area contributed by atoms with E-state index in [4.69, 9.17) is 4.74 Å². The van der Waals surface area contributed by atoms with Crippen LogP contribution in [0.25, 0.3) is 10.8 Å². The molecule has 3 aromatic rings. The van der Waals surface area contributed by atoms with Crippen LogP contribution in [0.15, 0.2) is 79.4 Å². The van der Waals surface area contributed by atoms with Gasteiger partial charge in [0.15, 0.2) is 5.60 Å². The standard InChI is InChI=1S/C35H42N2O4/c1-5-18-37(23-25(2)3)19-17-34(30-11-8-12-32(39)21-30)22-31(15-16-35(34,24-37)41-26(4)38)36-33(40)29-14-13-27-9-6-7-10-28(27)20-29/h5-14,20-21,25,31H,1,15-19,22-24H2,2-4H3,(H-,36,39,40)/p+1/t31-,34-,35?,37+/m1/s1. The van der Waals surface area contributed by atoms with E-state index in [2.05, 4.69) is 25.7 Å². The number of carbonyl (C=O) groups excluding carboxylic acids is 2. The largest absolute Gasteiger partial charge is 0.508 e. The normalized spacial score (nSPS) is 27.7. The summed E-state index contributed by atoms with van der Waals surface area (Å²) >= 11 is 0. The molecule has 0 spiro atoms. The minimum atomic E-state index is -0.771. The van der Waals surface area contributed by atoms with Crippen LogP contribution in [-0.4, -0.2) is 59.3 Å². The molecule has 0 radical (unpaired) electrons. The monoisotopic (exact) mass is 555 g/mol. The molecule has 2 fully saturated rings. The zero-order chi connectivity index (χ0) is 29.3. The van der Waals surface area contributed by atoms with Gasteiger partial charge in [-0.1, -0.05) is 62.9 Å². The van der Waals surface area contributed by atoms with Gasteiger partial charge in [0, 0.05) is 36.3 Å². The minimum absolute atomic E-state index is 0.0980. The number of esters is 1. The summed E-state index contributed by atoms with van der Waals surface area (Å²) in [6.45, 7) is 13.4. The molecule has 3 aromatic carbocycles. The van der Waals surface area contributed by atoms with Crippen molar-refractivity contribution < 1.29 is 23.9 Å². The zero-order valence-electron chi connectivity index (χ0n) is 24.6. The molecule has 4 atom stereocenters. The minimum Gasteiger partial charge on any atom is -0.508 e. The van der Waals surface area contributed by atoms with Gasteiger partial charge in [-0.25, -0.2) is 0 Å². The Bertz CT molecular complexity index is 1450. The number of nitrogens with zero attached hydrogens (tertiary/aromatic N) is 1. The molecule has 1 aliphatic heterocycles. The Morgan fingerprint density at radius 3 is 2.59 bits per heavy atom. The second kappa shape index (κ2) is 11.3. The molecule has 1 saturated heterocycles. The third-order valence-corrected chi connectivity index (χ3v) is 9.32. The average molecular weight is 556 g/mol. The molecule has 1 amide bonds. The number of quaternary nitrogens is 1. The van der Waals surface area contributed by atoms with Crippen LogP contribution in [-0.2, 0) is 14.9 Å². The summed E-state index contributed by atoms with van der Waals surface area (Å²) in [5, 5.41) is 16.0. The summed E-state index contributed by atoms with van der Waals surface area (Å²) in [5.41, 5.74) is 0.266. The third-order valence-electron chi connectivity index (χ3n) is 9.32. The Labute approximate surface area is 243 Å². The number of aromatic hydroxyl groups is 1. The number of likely N-dealkylation sites (tertiary alicyclic amines) is 1. The first-order valence-corrected chi connectivity index (χ1v) is 14.8. The van der Waals surface area contributed by atoms with Gasteiger partial charge in [0.05, 0.1) is 19.6 Å². The molecule has 1 aliphatic carbocycles. The van der Waals surface area contributed by atoms with Crippen molar-refractivity contribution in [3.8, 4) is 5.75 Å². The van der Waals surface area contributed by atoms with Crippen molar-refractivity contribution >= 4 is 22.6 Å². The molecule has 0 bridgehead atoms. The first kappa shape index (κ1) is 28.9. The second-order valence-electron chi connectivity index (χ2n) is 12.7. The molecule has 2 N–H and O–H groups in total. The number of phenols is 1. The number of hydrogen-bond donors (Lipinski definition) is 2. The SMILES string of the molecule is C=CC[N@@+]1(CC(C)C)CC[C@]2(c3cccc(O)c3)C[C@H](NC(=O)c3ccc4ccccc4c3)CCC2(OC(C)=O)C1. The van der Waals surface area contributed by atoms with E-state index in [0.717, 1.165) is 46.9 Å². The molecule has 1 heterocycles. The number of carbonyl (C=O) groups is 2. The van der Waals surface area contributed by atoms with Crippen molar-refractivity contribution in [2.24, 2.45) is 5.92 Å². The fourth-order valence-electron chi connectivity index (χ4n) is 7.91. The summed E-state index contributed by atoms with van der Waals surface area (Å²) in [6.07, 6.45) is 4.70. The van der Waals surface area contributed by atoms with Crippen LogP contribution in [0.4, 0.5) is 0 Å². The molecule has 41 heavy (non-hydrogen) atoms. The van der Waals surface area contributed by atoms with Gasteiger partial charge in [-0.3, -0.25) is 9.59 Å². The number of ether oxygens (including phenoxy) is 1. The van der Waals surface area contributed by atoms with Crippen LogP contribution < -0.4 is 5.32 Å². The first-order chi connectivity index (χ1) is 19.6. The Kier molecular flexibility index (Phi) is 7.97. The molecule has 2 aliphatic rings. The molecule has 6 nitrogen and oxygen atoms in total. The topological polar surface area (TPSA) is 75.6 Å². The van der Waals surface area contributed by atoms with Crippen LogP contribution in [0.1, 0.15) is 62.4 Å². The molecular formula is C35H43N2O4+. The summed E-state index contributed by atoms with van der Waals surface area (Å²) in [5.74, 6) is 0.265. The van der Waals surface area contributed by atoms with Crippen molar-refractivity contribution in [1.82, 2.24) is 5.32 Å². The zero-order valence-corrected chi connectivity index (χ0v) is 24.6. The highest BCUT2D eigenvalue weighted by Crippen LogP contribution is 2.55. The summed E-state index contributed by atoms with van der Waals surface area (Å²) < 4.78 is 7.28. The van der Waals surface area contributed by atoms with Gasteiger partial charge in [-0.15, -0.1) is 0 Å². The highest BCUT2D eigenvalue weighted by molar-refractivity contribution is 5.98. The lowest BCUT2D eigenvalue weighted by atomic mass is 9.54. The number of amides is 1. The fraction of sp³-hybridized carbons (Fsp3) is 0.429. The van der Waals surface area contributed by atoms with Gasteiger partial charge in [-0.2, -0.15) is 0 Å². The van der Waals surface area contributed by atoms with Gasteiger partial charge < -0.3 is 19.6 Å². The number of benzene rings is 3. The number of hydrogen-bond acceptors (Lipinski definition) is 4. The van der Waals surface area contributed by atoms with Gasteiger partial charge in [0.25, 0.3) is 5.91 Å². The van der Waals surface area contributed by atoms with Gasteiger partial charge >= 0.3 is 5.97 Å². The Hall–Kier alpha value is -3.64. The summed E-state index contributed by atoms with van der Waals surface area (Å²) in [4.78, 5) is 26.3. The smallest absolute Gasteiger partial charge is 0.303 e. The molecule has 5 rings (SSSR count). The number of nitrogens with one attached hydrogen (secondary N) is 1. The number of fused-ring (bicyclic) bond motifs is 2. The predicted octanol–water partition coefficient (Wildman–Crippen LogP) is 6.13. The summed E-state index contributed by atoms with van der Waals surface area (Å²) in [6, 6.07) is 21.1. The van der Waals surface area contributed by atoms with Gasteiger partial charge in [-0.05, 0) is 65.9 Å². The maximum absolute atomic E-state index is 13.5. The van der Waals surface area contributed by atoms with E-state index in [0.29, 0.717) is 37.3 Å². The molecular weight excluding hydrogens is 512 g/mol. The van der Waals surface area contributed by atoms with Crippen molar-refractivity contribution in [1.29, 1.82) is 0 Å². The van der Waals surface area contributed by atoms with Crippen molar-refractivity contribution in [3.63, 3.8) is 0 Å². The maximum Gasteiger partial charge on any atom is 0.303 e. The van der Waals surface area contributed by atoms with Crippen LogP contribution in [0, 0.1) is 5.92 Å². The molecule has 1 saturated carbocycles. The highest BCUT2D eigenvalue weighted by atomic mass is 16.6. The lowest BCUT2D eigenvalue weighted by Gasteiger charge is -2.61. The molecule has 6 heteroatoms. The van der Waals surface area contributed by atoms with E-state index in [9.17, 15) is 14.7 Å². The predicted molar refractivity (Wildman–Crippen MR) is 163 cm³/mol. The van der Waals surface area contributed by atoms with E-state index in [-0.39, 0.29) is 23.7 Å². The Morgan fingerprint density at radius 1 is 1.10 bits per heavy atom. The highest BCUT2D eigenvalue weighted by Gasteiger charge is 2.65. The van der Waals surface area contributed by atoms with E-state index in [1.165, 1.54) is 6.92 Å². The molecule has 1 unspecified atom stereocenters.